The molecule has 0 unspecified atom stereocenters. The molecule has 0 saturated heterocycles. The van der Waals surface area contributed by atoms with Gasteiger partial charge in [-0.25, -0.2) is 8.42 Å². The molecule has 22 heavy (non-hydrogen) atoms. The normalized spacial score (nSPS) is 12.1. The van der Waals surface area contributed by atoms with Gasteiger partial charge < -0.3 is 0 Å². The van der Waals surface area contributed by atoms with Gasteiger partial charge in [-0.2, -0.15) is 4.31 Å². The topological polar surface area (TPSA) is 37.4 Å². The number of benzene rings is 1. The number of sulfonamides is 1. The third kappa shape index (κ3) is 4.81. The lowest BCUT2D eigenvalue weighted by Crippen LogP contribution is -2.28. The molecule has 6 heteroatoms. The largest absolute Gasteiger partial charge is 0.236 e. The van der Waals surface area contributed by atoms with Crippen LogP contribution in [0.1, 0.15) is 10.4 Å². The minimum atomic E-state index is -3.51. The monoisotopic (exact) mass is 353 g/mol. The average Bonchev–Trinajstić information content (AvgIpc) is 2.99. The second-order valence-corrected chi connectivity index (χ2v) is 7.85. The Morgan fingerprint density at radius 3 is 2.55 bits per heavy atom. The zero-order valence-corrected chi connectivity index (χ0v) is 14.2. The van der Waals surface area contributed by atoms with Crippen molar-refractivity contribution in [2.24, 2.45) is 0 Å². The minimum Gasteiger partial charge on any atom is -0.207 e. The fourth-order valence-corrected chi connectivity index (χ4v) is 3.86. The van der Waals surface area contributed by atoms with E-state index in [4.69, 9.17) is 11.6 Å². The molecule has 0 radical (unpaired) electrons. The molecule has 0 atom stereocenters. The highest BCUT2D eigenvalue weighted by molar-refractivity contribution is 7.92. The molecule has 0 aliphatic heterocycles. The van der Waals surface area contributed by atoms with Gasteiger partial charge in [0.25, 0.3) is 0 Å². The van der Waals surface area contributed by atoms with E-state index >= 15 is 0 Å². The molecule has 116 valence electrons. The summed E-state index contributed by atoms with van der Waals surface area (Å²) < 4.78 is 26.3. The lowest BCUT2D eigenvalue weighted by atomic mass is 10.2. The van der Waals surface area contributed by atoms with Gasteiger partial charge in [-0.05, 0) is 35.2 Å². The van der Waals surface area contributed by atoms with Crippen molar-refractivity contribution in [1.82, 2.24) is 4.31 Å². The standard InChI is InChI=1S/C16H16ClNO2S2/c1-2-10-18(13-16-4-3-11-21-16)22(19,20)12-9-14-5-7-15(17)8-6-14/h2-9,11-12H,1,10,13H2/b12-9+. The molecule has 0 aliphatic carbocycles. The predicted octanol–water partition coefficient (Wildman–Crippen LogP) is 4.39. The number of hydrogen-bond acceptors (Lipinski definition) is 3. The minimum absolute atomic E-state index is 0.269. The van der Waals surface area contributed by atoms with Gasteiger partial charge in [-0.1, -0.05) is 35.9 Å². The maximum absolute atomic E-state index is 12.5. The summed E-state index contributed by atoms with van der Waals surface area (Å²) in [6.45, 7) is 4.24. The van der Waals surface area contributed by atoms with Crippen molar-refractivity contribution in [2.45, 2.75) is 6.54 Å². The molecule has 0 amide bonds. The fourth-order valence-electron chi connectivity index (χ4n) is 1.80. The third-order valence-corrected chi connectivity index (χ3v) is 5.50. The molecule has 1 aromatic carbocycles. The van der Waals surface area contributed by atoms with Crippen LogP contribution in [0, 0.1) is 0 Å². The maximum Gasteiger partial charge on any atom is 0.236 e. The van der Waals surface area contributed by atoms with Crippen molar-refractivity contribution >= 4 is 39.0 Å². The fraction of sp³-hybridized carbons (Fsp3) is 0.125. The van der Waals surface area contributed by atoms with Crippen molar-refractivity contribution < 1.29 is 8.42 Å². The van der Waals surface area contributed by atoms with Crippen LogP contribution >= 0.6 is 22.9 Å². The van der Waals surface area contributed by atoms with Crippen LogP contribution in [0.15, 0.2) is 59.8 Å². The van der Waals surface area contributed by atoms with Crippen molar-refractivity contribution in [1.29, 1.82) is 0 Å². The van der Waals surface area contributed by atoms with Crippen LogP contribution in [0.25, 0.3) is 6.08 Å². The summed E-state index contributed by atoms with van der Waals surface area (Å²) in [5, 5.41) is 3.76. The third-order valence-electron chi connectivity index (χ3n) is 2.91. The molecule has 0 bridgehead atoms. The van der Waals surface area contributed by atoms with E-state index in [1.54, 1.807) is 36.4 Å². The lowest BCUT2D eigenvalue weighted by Gasteiger charge is -2.17. The van der Waals surface area contributed by atoms with Gasteiger partial charge in [-0.15, -0.1) is 17.9 Å². The summed E-state index contributed by atoms with van der Waals surface area (Å²) in [5.74, 6) is 0. The molecule has 0 saturated carbocycles. The van der Waals surface area contributed by atoms with Crippen LogP contribution in [0.4, 0.5) is 0 Å². The van der Waals surface area contributed by atoms with Crippen molar-refractivity contribution in [3.63, 3.8) is 0 Å². The molecule has 1 aromatic heterocycles. The van der Waals surface area contributed by atoms with Crippen molar-refractivity contribution in [3.05, 3.63) is 75.3 Å². The zero-order chi connectivity index (χ0) is 16.0. The van der Waals surface area contributed by atoms with E-state index in [-0.39, 0.29) is 6.54 Å². The van der Waals surface area contributed by atoms with E-state index in [1.165, 1.54) is 21.1 Å². The summed E-state index contributed by atoms with van der Waals surface area (Å²) in [5.41, 5.74) is 0.780. The van der Waals surface area contributed by atoms with E-state index in [9.17, 15) is 8.42 Å². The first-order chi connectivity index (χ1) is 10.5. The predicted molar refractivity (Wildman–Crippen MR) is 94.3 cm³/mol. The Hall–Kier alpha value is -1.40. The Labute approximate surface area is 140 Å². The van der Waals surface area contributed by atoms with Gasteiger partial charge in [0.2, 0.25) is 10.0 Å². The lowest BCUT2D eigenvalue weighted by molar-refractivity contribution is 0.449. The quantitative estimate of drug-likeness (QED) is 0.692. The SMILES string of the molecule is C=CCN(Cc1cccs1)S(=O)(=O)/C=C/c1ccc(Cl)cc1. The molecular weight excluding hydrogens is 338 g/mol. The Balaban J connectivity index is 2.17. The first-order valence-corrected chi connectivity index (χ1v) is 9.34. The van der Waals surface area contributed by atoms with E-state index in [0.29, 0.717) is 11.6 Å². The number of thiophene rings is 1. The van der Waals surface area contributed by atoms with Crippen LogP contribution in [0.5, 0.6) is 0 Å². The Morgan fingerprint density at radius 2 is 1.95 bits per heavy atom. The smallest absolute Gasteiger partial charge is 0.207 e. The second kappa shape index (κ2) is 7.74. The average molecular weight is 354 g/mol. The van der Waals surface area contributed by atoms with Gasteiger partial charge in [0.1, 0.15) is 0 Å². The van der Waals surface area contributed by atoms with E-state index < -0.39 is 10.0 Å². The van der Waals surface area contributed by atoms with Gasteiger partial charge >= 0.3 is 0 Å². The first kappa shape index (κ1) is 17.0. The highest BCUT2D eigenvalue weighted by Gasteiger charge is 2.18. The Bertz CT molecular complexity index is 735. The van der Waals surface area contributed by atoms with Crippen LogP contribution < -0.4 is 0 Å². The van der Waals surface area contributed by atoms with E-state index in [2.05, 4.69) is 6.58 Å². The molecule has 1 heterocycles. The number of halogens is 1. The summed E-state index contributed by atoms with van der Waals surface area (Å²) in [6.07, 6.45) is 3.15. The molecule has 0 spiro atoms. The summed E-state index contributed by atoms with van der Waals surface area (Å²) in [7, 11) is -3.51. The molecule has 0 N–H and O–H groups in total. The number of nitrogens with zero attached hydrogens (tertiary/aromatic N) is 1. The number of rotatable bonds is 7. The molecular formula is C16H16ClNO2S2. The molecule has 0 aliphatic rings. The summed E-state index contributed by atoms with van der Waals surface area (Å²) in [6, 6.07) is 10.8. The van der Waals surface area contributed by atoms with Crippen LogP contribution in [-0.2, 0) is 16.6 Å². The second-order valence-electron chi connectivity index (χ2n) is 4.56. The van der Waals surface area contributed by atoms with Crippen LogP contribution in [-0.4, -0.2) is 19.3 Å². The van der Waals surface area contributed by atoms with E-state index in [1.807, 2.05) is 17.5 Å². The highest BCUT2D eigenvalue weighted by Crippen LogP contribution is 2.17. The molecule has 3 nitrogen and oxygen atoms in total. The summed E-state index contributed by atoms with van der Waals surface area (Å²) in [4.78, 5) is 0.991. The van der Waals surface area contributed by atoms with Gasteiger partial charge in [-0.3, -0.25) is 0 Å². The highest BCUT2D eigenvalue weighted by atomic mass is 35.5. The van der Waals surface area contributed by atoms with Crippen molar-refractivity contribution in [3.8, 4) is 0 Å². The van der Waals surface area contributed by atoms with Crippen LogP contribution in [0.2, 0.25) is 5.02 Å². The van der Waals surface area contributed by atoms with E-state index in [0.717, 1.165) is 10.4 Å². The Kier molecular flexibility index (Phi) is 5.97. The van der Waals surface area contributed by atoms with Gasteiger partial charge in [0, 0.05) is 28.4 Å². The van der Waals surface area contributed by atoms with Gasteiger partial charge in [0.05, 0.1) is 0 Å². The molecule has 2 rings (SSSR count). The van der Waals surface area contributed by atoms with Crippen molar-refractivity contribution in [2.75, 3.05) is 6.54 Å². The van der Waals surface area contributed by atoms with Gasteiger partial charge in [0.15, 0.2) is 0 Å². The maximum atomic E-state index is 12.5. The molecule has 2 aromatic rings. The first-order valence-electron chi connectivity index (χ1n) is 6.58. The zero-order valence-electron chi connectivity index (χ0n) is 11.9. The van der Waals surface area contributed by atoms with Crippen LogP contribution in [0.3, 0.4) is 0 Å². The summed E-state index contributed by atoms with van der Waals surface area (Å²) >= 11 is 7.34. The molecule has 0 fully saturated rings. The number of hydrogen-bond donors (Lipinski definition) is 0. The Morgan fingerprint density at radius 1 is 1.23 bits per heavy atom.